The van der Waals surface area contributed by atoms with Crippen molar-refractivity contribution in [1.29, 1.82) is 0 Å². The Morgan fingerprint density at radius 1 is 0.833 bits per heavy atom. The molecule has 2 aliphatic heterocycles. The van der Waals surface area contributed by atoms with Gasteiger partial charge in [0, 0.05) is 24.2 Å². The molecule has 1 saturated carbocycles. The number of hydrogen-bond acceptors (Lipinski definition) is 3. The zero-order valence-electron chi connectivity index (χ0n) is 18.2. The number of carbonyl (C=O) groups is 2. The van der Waals surface area contributed by atoms with Crippen LogP contribution in [0.1, 0.15) is 70.8 Å². The van der Waals surface area contributed by atoms with Gasteiger partial charge in [0.1, 0.15) is 5.70 Å². The van der Waals surface area contributed by atoms with Crippen LogP contribution in [0.5, 0.6) is 0 Å². The molecular formula is C25H33ClN2O2. The summed E-state index contributed by atoms with van der Waals surface area (Å²) < 4.78 is 0. The predicted octanol–water partition coefficient (Wildman–Crippen LogP) is 5.51. The number of imide groups is 1. The number of amides is 2. The van der Waals surface area contributed by atoms with E-state index >= 15 is 0 Å². The van der Waals surface area contributed by atoms with Gasteiger partial charge >= 0.3 is 0 Å². The highest BCUT2D eigenvalue weighted by Crippen LogP contribution is 2.38. The second-order valence-electron chi connectivity index (χ2n) is 9.56. The SMILES string of the molecule is CC1CC(C)CN(C2=C(c3ccc(Cl)cc3)C(=O)N(C3CCCCCCC3)C2=O)C1. The third-order valence-electron chi connectivity index (χ3n) is 6.85. The van der Waals surface area contributed by atoms with Crippen LogP contribution < -0.4 is 0 Å². The summed E-state index contributed by atoms with van der Waals surface area (Å²) in [4.78, 5) is 31.3. The number of halogens is 1. The average molecular weight is 429 g/mol. The number of benzene rings is 1. The molecule has 0 bridgehead atoms. The van der Waals surface area contributed by atoms with E-state index in [2.05, 4.69) is 18.7 Å². The van der Waals surface area contributed by atoms with E-state index in [1.54, 1.807) is 17.0 Å². The van der Waals surface area contributed by atoms with Crippen LogP contribution in [-0.4, -0.2) is 40.7 Å². The van der Waals surface area contributed by atoms with Gasteiger partial charge in [-0.3, -0.25) is 14.5 Å². The second-order valence-corrected chi connectivity index (χ2v) is 10.00. The smallest absolute Gasteiger partial charge is 0.278 e. The lowest BCUT2D eigenvalue weighted by Gasteiger charge is -2.37. The Hall–Kier alpha value is -1.81. The molecule has 5 heteroatoms. The summed E-state index contributed by atoms with van der Waals surface area (Å²) in [5, 5.41) is 0.634. The van der Waals surface area contributed by atoms with Crippen LogP contribution in [0.15, 0.2) is 30.0 Å². The summed E-state index contributed by atoms with van der Waals surface area (Å²) in [6, 6.07) is 7.38. The maximum atomic E-state index is 13.8. The molecule has 162 valence electrons. The number of rotatable bonds is 3. The molecular weight excluding hydrogens is 396 g/mol. The summed E-state index contributed by atoms with van der Waals surface area (Å²) >= 11 is 6.10. The van der Waals surface area contributed by atoms with E-state index < -0.39 is 0 Å². The molecule has 2 unspecified atom stereocenters. The van der Waals surface area contributed by atoms with E-state index in [-0.39, 0.29) is 17.9 Å². The third-order valence-corrected chi connectivity index (χ3v) is 7.10. The van der Waals surface area contributed by atoms with Gasteiger partial charge in [0.25, 0.3) is 11.8 Å². The van der Waals surface area contributed by atoms with E-state index in [9.17, 15) is 9.59 Å². The lowest BCUT2D eigenvalue weighted by molar-refractivity contribution is -0.140. The standard InChI is InChI=1S/C25H33ClN2O2/c1-17-14-18(2)16-27(15-17)23-22(19-10-12-20(26)13-11-19)24(29)28(25(23)30)21-8-6-4-3-5-7-9-21/h10-13,17-18,21H,3-9,14-16H2,1-2H3. The fourth-order valence-corrected chi connectivity index (χ4v) is 5.70. The van der Waals surface area contributed by atoms with Gasteiger partial charge in [-0.1, -0.05) is 69.7 Å². The molecule has 3 aliphatic rings. The van der Waals surface area contributed by atoms with Crippen LogP contribution >= 0.6 is 11.6 Å². The van der Waals surface area contributed by atoms with Crippen molar-refractivity contribution in [1.82, 2.24) is 9.80 Å². The Balaban J connectivity index is 1.73. The van der Waals surface area contributed by atoms with Crippen molar-refractivity contribution in [2.75, 3.05) is 13.1 Å². The molecule has 2 fully saturated rings. The first kappa shape index (κ1) is 21.4. The van der Waals surface area contributed by atoms with Gasteiger partial charge in [0.2, 0.25) is 0 Å². The van der Waals surface area contributed by atoms with Gasteiger partial charge in [0.15, 0.2) is 0 Å². The van der Waals surface area contributed by atoms with E-state index in [0.717, 1.165) is 50.8 Å². The lowest BCUT2D eigenvalue weighted by Crippen LogP contribution is -2.45. The van der Waals surface area contributed by atoms with E-state index in [0.29, 0.717) is 28.1 Å². The van der Waals surface area contributed by atoms with Gasteiger partial charge in [-0.2, -0.15) is 0 Å². The average Bonchev–Trinajstić information content (AvgIpc) is 2.92. The fraction of sp³-hybridized carbons (Fsp3) is 0.600. The van der Waals surface area contributed by atoms with Crippen LogP contribution in [0.2, 0.25) is 5.02 Å². The molecule has 30 heavy (non-hydrogen) atoms. The lowest BCUT2D eigenvalue weighted by atomic mass is 9.91. The molecule has 4 rings (SSSR count). The van der Waals surface area contributed by atoms with Crippen molar-refractivity contribution in [2.45, 2.75) is 71.3 Å². The Bertz CT molecular complexity index is 814. The van der Waals surface area contributed by atoms with Crippen LogP contribution in [0.3, 0.4) is 0 Å². The fourth-order valence-electron chi connectivity index (χ4n) is 5.58. The maximum Gasteiger partial charge on any atom is 0.278 e. The minimum atomic E-state index is -0.117. The highest BCUT2D eigenvalue weighted by Gasteiger charge is 2.45. The second kappa shape index (κ2) is 9.13. The van der Waals surface area contributed by atoms with Gasteiger partial charge in [-0.25, -0.2) is 0 Å². The molecule has 0 aromatic heterocycles. The quantitative estimate of drug-likeness (QED) is 0.596. The third kappa shape index (κ3) is 4.30. The number of nitrogens with zero attached hydrogens (tertiary/aromatic N) is 2. The summed E-state index contributed by atoms with van der Waals surface area (Å²) in [6.45, 7) is 6.13. The monoisotopic (exact) mass is 428 g/mol. The van der Waals surface area contributed by atoms with E-state index in [1.807, 2.05) is 12.1 Å². The molecule has 0 radical (unpaired) electrons. The van der Waals surface area contributed by atoms with Crippen LogP contribution in [0.4, 0.5) is 0 Å². The van der Waals surface area contributed by atoms with Gasteiger partial charge in [-0.15, -0.1) is 0 Å². The molecule has 1 saturated heterocycles. The molecule has 1 aromatic carbocycles. The Morgan fingerprint density at radius 3 is 2.00 bits per heavy atom. The molecule has 1 aliphatic carbocycles. The van der Waals surface area contributed by atoms with Crippen LogP contribution in [-0.2, 0) is 9.59 Å². The minimum Gasteiger partial charge on any atom is -0.366 e. The zero-order chi connectivity index (χ0) is 21.3. The van der Waals surface area contributed by atoms with Gasteiger partial charge in [-0.05, 0) is 48.8 Å². The first-order valence-corrected chi connectivity index (χ1v) is 12.0. The zero-order valence-corrected chi connectivity index (χ0v) is 19.0. The first-order chi connectivity index (χ1) is 14.5. The molecule has 2 heterocycles. The summed E-state index contributed by atoms with van der Waals surface area (Å²) in [5.41, 5.74) is 1.98. The highest BCUT2D eigenvalue weighted by molar-refractivity contribution is 6.36. The van der Waals surface area contributed by atoms with Crippen LogP contribution in [0, 0.1) is 11.8 Å². The Kier molecular flexibility index (Phi) is 6.52. The van der Waals surface area contributed by atoms with Crippen molar-refractivity contribution in [3.8, 4) is 0 Å². The largest absolute Gasteiger partial charge is 0.366 e. The summed E-state index contributed by atoms with van der Waals surface area (Å²) in [7, 11) is 0. The minimum absolute atomic E-state index is 0.0183. The van der Waals surface area contributed by atoms with Crippen molar-refractivity contribution in [2.24, 2.45) is 11.8 Å². The predicted molar refractivity (Wildman–Crippen MR) is 121 cm³/mol. The molecule has 4 nitrogen and oxygen atoms in total. The Labute approximate surface area is 185 Å². The van der Waals surface area contributed by atoms with Gasteiger partial charge in [0.05, 0.1) is 5.57 Å². The molecule has 2 atom stereocenters. The molecule has 1 aromatic rings. The van der Waals surface area contributed by atoms with Gasteiger partial charge < -0.3 is 4.90 Å². The number of likely N-dealkylation sites (tertiary alicyclic amines) is 1. The number of piperidine rings is 1. The topological polar surface area (TPSA) is 40.6 Å². The van der Waals surface area contributed by atoms with E-state index in [1.165, 1.54) is 19.3 Å². The Morgan fingerprint density at radius 2 is 1.40 bits per heavy atom. The first-order valence-electron chi connectivity index (χ1n) is 11.6. The van der Waals surface area contributed by atoms with E-state index in [4.69, 9.17) is 11.6 Å². The number of carbonyl (C=O) groups excluding carboxylic acids is 2. The van der Waals surface area contributed by atoms with Crippen LogP contribution in [0.25, 0.3) is 5.57 Å². The summed E-state index contributed by atoms with van der Waals surface area (Å²) in [5.74, 6) is 0.808. The normalized spacial score (nSPS) is 26.9. The van der Waals surface area contributed by atoms with Crippen molar-refractivity contribution in [3.63, 3.8) is 0 Å². The molecule has 0 N–H and O–H groups in total. The highest BCUT2D eigenvalue weighted by atomic mass is 35.5. The molecule has 2 amide bonds. The summed E-state index contributed by atoms with van der Waals surface area (Å²) in [6.07, 6.45) is 8.83. The van der Waals surface area contributed by atoms with Crippen molar-refractivity contribution >= 4 is 29.0 Å². The van der Waals surface area contributed by atoms with Crippen molar-refractivity contribution < 1.29 is 9.59 Å². The van der Waals surface area contributed by atoms with Crippen molar-refractivity contribution in [3.05, 3.63) is 40.5 Å². The number of hydrogen-bond donors (Lipinski definition) is 0. The molecule has 0 spiro atoms. The maximum absolute atomic E-state index is 13.8.